The maximum Gasteiger partial charge on any atom is 0.246 e. The van der Waals surface area contributed by atoms with Crippen molar-refractivity contribution in [2.75, 3.05) is 52.8 Å². The highest BCUT2D eigenvalue weighted by Gasteiger charge is 2.44. The van der Waals surface area contributed by atoms with Gasteiger partial charge in [-0.15, -0.1) is 22.7 Å². The molecule has 7 rings (SSSR count). The predicted octanol–water partition coefficient (Wildman–Crippen LogP) is 6.88. The number of phenols is 2. The third kappa shape index (κ3) is 12.7. The number of aromatic hydroxyl groups is 2. The van der Waals surface area contributed by atoms with Crippen molar-refractivity contribution in [2.45, 2.75) is 58.8 Å². The Balaban J connectivity index is 0.781. The van der Waals surface area contributed by atoms with E-state index in [-0.39, 0.29) is 75.7 Å². The molecule has 2 unspecified atom stereocenters. The largest absolute Gasteiger partial charge is 0.508 e. The number of thiophene rings is 1. The second-order valence-electron chi connectivity index (χ2n) is 17.5. The van der Waals surface area contributed by atoms with Crippen LogP contribution in [0.4, 0.5) is 0 Å². The molecule has 4 aromatic carbocycles. The van der Waals surface area contributed by atoms with Gasteiger partial charge in [0.15, 0.2) is 5.78 Å². The zero-order valence-corrected chi connectivity index (χ0v) is 40.0. The summed E-state index contributed by atoms with van der Waals surface area (Å²) in [7, 11) is 0. The van der Waals surface area contributed by atoms with Crippen molar-refractivity contribution >= 4 is 56.3 Å². The van der Waals surface area contributed by atoms with Crippen molar-refractivity contribution < 1.29 is 53.4 Å². The molecule has 6 aromatic rings. The lowest BCUT2D eigenvalue weighted by Crippen LogP contribution is -2.58. The normalized spacial score (nSPS) is 15.3. The van der Waals surface area contributed by atoms with Gasteiger partial charge in [-0.1, -0.05) is 45.0 Å². The number of aryl methyl sites for hydroxylation is 1. The molecular formula is C51H56N4O11S2. The number of β-amino-alcohol motifs (C(OH)–C–C–N with tert-alkyl or cyclic N) is 1. The average Bonchev–Trinajstić information content (AvgIpc) is 4.05. The van der Waals surface area contributed by atoms with Crippen LogP contribution in [0.25, 0.3) is 31.0 Å². The number of aromatic nitrogens is 1. The van der Waals surface area contributed by atoms with Crippen LogP contribution in [-0.4, -0.2) is 120 Å². The molecule has 0 spiro atoms. The quantitative estimate of drug-likeness (QED) is 0.0370. The zero-order valence-electron chi connectivity index (χ0n) is 38.4. The molecule has 2 aromatic heterocycles. The number of aliphatic hydroxyl groups is 1. The molecule has 1 aliphatic rings. The summed E-state index contributed by atoms with van der Waals surface area (Å²) in [5.41, 5.74) is 5.75. The molecule has 0 radical (unpaired) electrons. The maximum atomic E-state index is 13.9. The number of ketones is 1. The highest BCUT2D eigenvalue weighted by Crippen LogP contribution is 2.41. The summed E-state index contributed by atoms with van der Waals surface area (Å²) in [5, 5.41) is 36.8. The van der Waals surface area contributed by atoms with E-state index in [1.807, 2.05) is 52.0 Å². The van der Waals surface area contributed by atoms with Crippen LogP contribution >= 0.6 is 22.7 Å². The van der Waals surface area contributed by atoms with Crippen molar-refractivity contribution in [1.29, 1.82) is 0 Å². The Bertz CT molecular complexity index is 2680. The standard InChI is InChI=1S/C51H56N4O11S2/c1-31-46(67-30-53-31)34-7-5-32(6-8-34)27-52-49(61)41-25-38(58)28-55(41)50(62)48(51(2,3)4)54-43(59)29-65-22-21-63-19-20-64-23-24-66-39-16-11-33(12-17-39)45(60)44-40-18-15-37(57)26-42(40)68-47(44)35-9-13-36(56)14-10-35/h5-18,26,30,38,41,48,56-58H,19-25,27-29H2,1-4H3,(H,52,61)(H,54,59)/t38?,41?,48-/m1/s1. The molecule has 1 fully saturated rings. The molecule has 3 heterocycles. The number of likely N-dealkylation sites (tertiary alicyclic amines) is 1. The molecular weight excluding hydrogens is 909 g/mol. The van der Waals surface area contributed by atoms with Crippen molar-refractivity contribution in [2.24, 2.45) is 5.41 Å². The minimum atomic E-state index is -0.982. The summed E-state index contributed by atoms with van der Waals surface area (Å²) in [6, 6.07) is 24.4. The zero-order chi connectivity index (χ0) is 48.4. The SMILES string of the molecule is Cc1ncsc1-c1ccc(CNC(=O)C2CC(O)CN2C(=O)[C@@H](NC(=O)COCCOCCOCCOc2ccc(C(=O)c3c(-c4ccc(O)cc4)sc4cc(O)ccc34)cc2)C(C)(C)C)cc1. The van der Waals surface area contributed by atoms with E-state index >= 15 is 0 Å². The molecule has 0 bridgehead atoms. The summed E-state index contributed by atoms with van der Waals surface area (Å²) in [6.45, 7) is 8.80. The van der Waals surface area contributed by atoms with Crippen LogP contribution in [0.5, 0.6) is 17.2 Å². The number of carbonyl (C=O) groups excluding carboxylic acids is 4. The maximum absolute atomic E-state index is 13.9. The molecule has 0 aliphatic carbocycles. The van der Waals surface area contributed by atoms with Crippen molar-refractivity contribution in [3.05, 3.63) is 119 Å². The minimum absolute atomic E-state index is 0.0287. The van der Waals surface area contributed by atoms with E-state index in [9.17, 15) is 34.5 Å². The third-order valence-electron chi connectivity index (χ3n) is 11.3. The van der Waals surface area contributed by atoms with Gasteiger partial charge in [0.2, 0.25) is 17.7 Å². The molecule has 5 N–H and O–H groups in total. The number of hydrogen-bond donors (Lipinski definition) is 5. The molecule has 3 amide bonds. The van der Waals surface area contributed by atoms with Gasteiger partial charge in [0.1, 0.15) is 42.5 Å². The second-order valence-corrected chi connectivity index (χ2v) is 19.4. The van der Waals surface area contributed by atoms with Gasteiger partial charge in [0.05, 0.1) is 55.2 Å². The lowest BCUT2D eigenvalue weighted by atomic mass is 9.85. The van der Waals surface area contributed by atoms with E-state index < -0.39 is 35.4 Å². The number of rotatable bonds is 21. The van der Waals surface area contributed by atoms with Crippen LogP contribution in [0, 0.1) is 12.3 Å². The van der Waals surface area contributed by atoms with Gasteiger partial charge in [-0.25, -0.2) is 4.98 Å². The van der Waals surface area contributed by atoms with Crippen molar-refractivity contribution in [3.63, 3.8) is 0 Å². The Morgan fingerprint density at radius 1 is 0.809 bits per heavy atom. The monoisotopic (exact) mass is 964 g/mol. The molecule has 1 saturated heterocycles. The fourth-order valence-corrected chi connectivity index (χ4v) is 9.83. The van der Waals surface area contributed by atoms with Crippen LogP contribution in [0.15, 0.2) is 96.5 Å². The number of nitrogens with zero attached hydrogens (tertiary/aromatic N) is 2. The first-order valence-corrected chi connectivity index (χ1v) is 24.0. The Morgan fingerprint density at radius 3 is 2.10 bits per heavy atom. The highest BCUT2D eigenvalue weighted by atomic mass is 32.1. The summed E-state index contributed by atoms with van der Waals surface area (Å²) in [4.78, 5) is 61.7. The summed E-state index contributed by atoms with van der Waals surface area (Å²) in [6.07, 6.45) is -0.797. The van der Waals surface area contributed by atoms with Gasteiger partial charge < -0.3 is 49.8 Å². The first-order valence-electron chi connectivity index (χ1n) is 22.3. The van der Waals surface area contributed by atoms with E-state index in [4.69, 9.17) is 18.9 Å². The van der Waals surface area contributed by atoms with E-state index in [1.165, 1.54) is 16.2 Å². The molecule has 3 atom stereocenters. The molecule has 15 nitrogen and oxygen atoms in total. The van der Waals surface area contributed by atoms with Crippen LogP contribution in [0.3, 0.4) is 0 Å². The van der Waals surface area contributed by atoms with Gasteiger partial charge in [-0.05, 0) is 95.8 Å². The number of fused-ring (bicyclic) bond motifs is 1. The van der Waals surface area contributed by atoms with Crippen molar-refractivity contribution in [1.82, 2.24) is 20.5 Å². The Kier molecular flexibility index (Phi) is 16.6. The number of phenolic OH excluding ortho intramolecular Hbond substituents is 2. The van der Waals surface area contributed by atoms with Crippen LogP contribution in [0.1, 0.15) is 54.4 Å². The number of hydrogen-bond acceptors (Lipinski definition) is 14. The second kappa shape index (κ2) is 22.7. The number of nitrogens with one attached hydrogen (secondary N) is 2. The first-order chi connectivity index (χ1) is 32.7. The van der Waals surface area contributed by atoms with Crippen LogP contribution in [0.2, 0.25) is 0 Å². The van der Waals surface area contributed by atoms with E-state index in [2.05, 4.69) is 15.6 Å². The molecule has 68 heavy (non-hydrogen) atoms. The number of ether oxygens (including phenoxy) is 4. The highest BCUT2D eigenvalue weighted by molar-refractivity contribution is 7.22. The third-order valence-corrected chi connectivity index (χ3v) is 13.5. The van der Waals surface area contributed by atoms with Gasteiger partial charge in [-0.2, -0.15) is 0 Å². The topological polar surface area (TPSA) is 206 Å². The molecule has 358 valence electrons. The van der Waals surface area contributed by atoms with Gasteiger partial charge in [0, 0.05) is 45.6 Å². The Morgan fingerprint density at radius 2 is 1.44 bits per heavy atom. The van der Waals surface area contributed by atoms with Gasteiger partial charge in [0.25, 0.3) is 0 Å². The minimum Gasteiger partial charge on any atom is -0.508 e. The van der Waals surface area contributed by atoms with Crippen LogP contribution < -0.4 is 15.4 Å². The smallest absolute Gasteiger partial charge is 0.246 e. The average molecular weight is 965 g/mol. The lowest BCUT2D eigenvalue weighted by Gasteiger charge is -2.35. The van der Waals surface area contributed by atoms with E-state index in [1.54, 1.807) is 83.6 Å². The van der Waals surface area contributed by atoms with Crippen LogP contribution in [-0.2, 0) is 35.1 Å². The Labute approximate surface area is 402 Å². The number of carbonyl (C=O) groups is 4. The van der Waals surface area contributed by atoms with Gasteiger partial charge >= 0.3 is 0 Å². The van der Waals surface area contributed by atoms with Crippen molar-refractivity contribution in [3.8, 4) is 38.1 Å². The summed E-state index contributed by atoms with van der Waals surface area (Å²) >= 11 is 2.96. The first kappa shape index (κ1) is 49.7. The summed E-state index contributed by atoms with van der Waals surface area (Å²) < 4.78 is 23.3. The Hall–Kier alpha value is -6.21. The fraction of sp³-hybridized carbons (Fsp3) is 0.353. The summed E-state index contributed by atoms with van der Waals surface area (Å²) in [5.74, 6) is -0.719. The number of amides is 3. The molecule has 17 heteroatoms. The number of benzene rings is 4. The van der Waals surface area contributed by atoms with Gasteiger partial charge in [-0.3, -0.25) is 19.2 Å². The number of aliphatic hydroxyl groups excluding tert-OH is 1. The number of thiazole rings is 1. The lowest BCUT2D eigenvalue weighted by molar-refractivity contribution is -0.144. The predicted molar refractivity (Wildman–Crippen MR) is 260 cm³/mol. The van der Waals surface area contributed by atoms with E-state index in [0.717, 1.165) is 42.2 Å². The van der Waals surface area contributed by atoms with E-state index in [0.29, 0.717) is 30.1 Å². The molecule has 0 saturated carbocycles. The fourth-order valence-electron chi connectivity index (χ4n) is 7.78. The molecule has 1 aliphatic heterocycles.